The molecule has 1 amide bonds. The summed E-state index contributed by atoms with van der Waals surface area (Å²) in [5.41, 5.74) is 0. The number of rotatable bonds is 4. The van der Waals surface area contributed by atoms with Crippen molar-refractivity contribution < 1.29 is 23.1 Å². The number of aliphatic carboxylic acids is 1. The quantitative estimate of drug-likeness (QED) is 0.696. The maximum atomic E-state index is 11.9. The van der Waals surface area contributed by atoms with Gasteiger partial charge < -0.3 is 10.4 Å². The Morgan fingerprint density at radius 1 is 1.30 bits per heavy atom. The molecule has 8 heteroatoms. The van der Waals surface area contributed by atoms with Crippen LogP contribution in [0.15, 0.2) is 0 Å². The molecule has 0 aromatic heterocycles. The highest BCUT2D eigenvalue weighted by Gasteiger charge is 2.30. The van der Waals surface area contributed by atoms with E-state index in [-0.39, 0.29) is 30.0 Å². The highest BCUT2D eigenvalue weighted by atomic mass is 32.2. The number of carboxylic acid groups (broad SMARTS) is 1. The molecule has 0 radical (unpaired) electrons. The number of carboxylic acids is 1. The van der Waals surface area contributed by atoms with Gasteiger partial charge in [0.2, 0.25) is 5.91 Å². The lowest BCUT2D eigenvalue weighted by Gasteiger charge is -2.30. The molecule has 0 aromatic carbocycles. The third kappa shape index (κ3) is 4.17. The Morgan fingerprint density at radius 3 is 2.65 bits per heavy atom. The Kier molecular flexibility index (Phi) is 4.64. The third-order valence-electron chi connectivity index (χ3n) is 3.82. The van der Waals surface area contributed by atoms with E-state index in [0.29, 0.717) is 25.9 Å². The molecule has 0 aliphatic carbocycles. The molecule has 2 unspecified atom stereocenters. The van der Waals surface area contributed by atoms with Crippen molar-refractivity contribution in [2.45, 2.75) is 25.3 Å². The molecule has 2 fully saturated rings. The summed E-state index contributed by atoms with van der Waals surface area (Å²) in [4.78, 5) is 24.6. The number of carbonyl (C=O) groups is 2. The van der Waals surface area contributed by atoms with Crippen LogP contribution in [0, 0.1) is 5.92 Å². The number of hydrogen-bond donors (Lipinski definition) is 2. The monoisotopic (exact) mass is 304 g/mol. The van der Waals surface area contributed by atoms with Gasteiger partial charge >= 0.3 is 5.97 Å². The SMILES string of the molecule is O=C(CN1CCCC(C(=O)O)C1)NC1CCS(=O)(=O)C1. The summed E-state index contributed by atoms with van der Waals surface area (Å²) in [7, 11) is -3.00. The fourth-order valence-electron chi connectivity index (χ4n) is 2.79. The van der Waals surface area contributed by atoms with Crippen molar-refractivity contribution in [2.75, 3.05) is 31.1 Å². The van der Waals surface area contributed by atoms with Gasteiger partial charge in [-0.25, -0.2) is 8.42 Å². The molecule has 0 bridgehead atoms. The van der Waals surface area contributed by atoms with Gasteiger partial charge in [0.1, 0.15) is 0 Å². The van der Waals surface area contributed by atoms with Crippen LogP contribution in [0.25, 0.3) is 0 Å². The van der Waals surface area contributed by atoms with Crippen molar-refractivity contribution in [1.82, 2.24) is 10.2 Å². The lowest BCUT2D eigenvalue weighted by atomic mass is 9.98. The van der Waals surface area contributed by atoms with E-state index in [1.807, 2.05) is 4.90 Å². The highest BCUT2D eigenvalue weighted by molar-refractivity contribution is 7.91. The maximum absolute atomic E-state index is 11.9. The van der Waals surface area contributed by atoms with Crippen LogP contribution in [0.3, 0.4) is 0 Å². The minimum atomic E-state index is -3.00. The second-order valence-corrected chi connectivity index (χ2v) is 7.81. The molecule has 2 rings (SSSR count). The Bertz CT molecular complexity index is 490. The Balaban J connectivity index is 1.78. The third-order valence-corrected chi connectivity index (χ3v) is 5.59. The van der Waals surface area contributed by atoms with Crippen LogP contribution in [0.4, 0.5) is 0 Å². The molecule has 2 N–H and O–H groups in total. The topological polar surface area (TPSA) is 104 Å². The molecular formula is C12H20N2O5S. The summed E-state index contributed by atoms with van der Waals surface area (Å²) in [6, 6.07) is -0.299. The smallest absolute Gasteiger partial charge is 0.307 e. The molecule has 2 atom stereocenters. The fraction of sp³-hybridized carbons (Fsp3) is 0.833. The van der Waals surface area contributed by atoms with Crippen molar-refractivity contribution in [3.05, 3.63) is 0 Å². The molecule has 2 heterocycles. The predicted octanol–water partition coefficient (Wildman–Crippen LogP) is -0.914. The lowest BCUT2D eigenvalue weighted by molar-refractivity contribution is -0.144. The largest absolute Gasteiger partial charge is 0.481 e. The zero-order chi connectivity index (χ0) is 14.8. The molecule has 7 nitrogen and oxygen atoms in total. The van der Waals surface area contributed by atoms with Crippen LogP contribution >= 0.6 is 0 Å². The van der Waals surface area contributed by atoms with Gasteiger partial charge in [0.15, 0.2) is 9.84 Å². The molecule has 2 saturated heterocycles. The van der Waals surface area contributed by atoms with E-state index < -0.39 is 21.7 Å². The molecule has 0 spiro atoms. The van der Waals surface area contributed by atoms with Crippen LogP contribution in [0.5, 0.6) is 0 Å². The minimum absolute atomic E-state index is 0.0104. The first-order valence-corrected chi connectivity index (χ1v) is 8.63. The van der Waals surface area contributed by atoms with Gasteiger partial charge in [-0.15, -0.1) is 0 Å². The molecule has 2 aliphatic rings. The molecule has 114 valence electrons. The second-order valence-electron chi connectivity index (χ2n) is 5.58. The van der Waals surface area contributed by atoms with Crippen molar-refractivity contribution >= 4 is 21.7 Å². The van der Waals surface area contributed by atoms with Crippen molar-refractivity contribution in [3.8, 4) is 0 Å². The number of nitrogens with one attached hydrogen (secondary N) is 1. The summed E-state index contributed by atoms with van der Waals surface area (Å²) >= 11 is 0. The van der Waals surface area contributed by atoms with E-state index in [1.165, 1.54) is 0 Å². The number of amides is 1. The normalized spacial score (nSPS) is 30.0. The van der Waals surface area contributed by atoms with Crippen LogP contribution in [0.1, 0.15) is 19.3 Å². The highest BCUT2D eigenvalue weighted by Crippen LogP contribution is 2.16. The van der Waals surface area contributed by atoms with Gasteiger partial charge in [0.05, 0.1) is 24.0 Å². The van der Waals surface area contributed by atoms with Gasteiger partial charge in [-0.05, 0) is 25.8 Å². The van der Waals surface area contributed by atoms with Gasteiger partial charge in [-0.3, -0.25) is 14.5 Å². The number of hydrogen-bond acceptors (Lipinski definition) is 5. The van der Waals surface area contributed by atoms with Crippen LogP contribution in [-0.2, 0) is 19.4 Å². The first-order chi connectivity index (χ1) is 9.35. The average molecular weight is 304 g/mol. The van der Waals surface area contributed by atoms with E-state index in [4.69, 9.17) is 5.11 Å². The first kappa shape index (κ1) is 15.2. The molecule has 0 aromatic rings. The van der Waals surface area contributed by atoms with Crippen LogP contribution in [-0.4, -0.2) is 67.5 Å². The van der Waals surface area contributed by atoms with Crippen LogP contribution < -0.4 is 5.32 Å². The zero-order valence-electron chi connectivity index (χ0n) is 11.2. The number of carbonyl (C=O) groups excluding carboxylic acids is 1. The molecular weight excluding hydrogens is 284 g/mol. The molecule has 2 aliphatic heterocycles. The van der Waals surface area contributed by atoms with Gasteiger partial charge in [-0.2, -0.15) is 0 Å². The number of piperidine rings is 1. The Hall–Kier alpha value is -1.15. The predicted molar refractivity (Wildman–Crippen MR) is 72.0 cm³/mol. The number of sulfone groups is 1. The summed E-state index contributed by atoms with van der Waals surface area (Å²) in [5.74, 6) is -1.32. The van der Waals surface area contributed by atoms with Crippen molar-refractivity contribution in [1.29, 1.82) is 0 Å². The van der Waals surface area contributed by atoms with E-state index in [0.717, 1.165) is 6.42 Å². The van der Waals surface area contributed by atoms with E-state index in [2.05, 4.69) is 5.32 Å². The van der Waals surface area contributed by atoms with E-state index in [9.17, 15) is 18.0 Å². The number of nitrogens with zero attached hydrogens (tertiary/aromatic N) is 1. The van der Waals surface area contributed by atoms with Gasteiger partial charge in [0, 0.05) is 12.6 Å². The molecule has 20 heavy (non-hydrogen) atoms. The van der Waals surface area contributed by atoms with E-state index >= 15 is 0 Å². The Morgan fingerprint density at radius 2 is 2.05 bits per heavy atom. The summed E-state index contributed by atoms with van der Waals surface area (Å²) in [6.45, 7) is 1.23. The molecule has 0 saturated carbocycles. The van der Waals surface area contributed by atoms with Crippen molar-refractivity contribution in [2.24, 2.45) is 5.92 Å². The summed E-state index contributed by atoms with van der Waals surface area (Å²) in [5, 5.41) is 11.7. The van der Waals surface area contributed by atoms with Crippen molar-refractivity contribution in [3.63, 3.8) is 0 Å². The standard InChI is InChI=1S/C12H20N2O5S/c15-11(13-10-3-5-20(18,19)8-10)7-14-4-1-2-9(6-14)12(16)17/h9-10H,1-8H2,(H,13,15)(H,16,17). The zero-order valence-corrected chi connectivity index (χ0v) is 12.1. The fourth-order valence-corrected chi connectivity index (χ4v) is 4.46. The number of likely N-dealkylation sites (tertiary alicyclic amines) is 1. The lowest BCUT2D eigenvalue weighted by Crippen LogP contribution is -2.46. The average Bonchev–Trinajstić information content (AvgIpc) is 2.68. The van der Waals surface area contributed by atoms with Gasteiger partial charge in [-0.1, -0.05) is 0 Å². The summed E-state index contributed by atoms with van der Waals surface area (Å²) in [6.07, 6.45) is 1.88. The summed E-state index contributed by atoms with van der Waals surface area (Å²) < 4.78 is 22.6. The Labute approximate surface area is 118 Å². The van der Waals surface area contributed by atoms with Gasteiger partial charge in [0.25, 0.3) is 0 Å². The maximum Gasteiger partial charge on any atom is 0.307 e. The van der Waals surface area contributed by atoms with Crippen LogP contribution in [0.2, 0.25) is 0 Å². The van der Waals surface area contributed by atoms with E-state index in [1.54, 1.807) is 0 Å². The first-order valence-electron chi connectivity index (χ1n) is 6.81. The second kappa shape index (κ2) is 6.09. The minimum Gasteiger partial charge on any atom is -0.481 e.